The highest BCUT2D eigenvalue weighted by molar-refractivity contribution is 5.98. The van der Waals surface area contributed by atoms with E-state index in [0.717, 1.165) is 28.3 Å². The van der Waals surface area contributed by atoms with E-state index in [1.165, 1.54) is 24.5 Å². The molecule has 0 saturated carbocycles. The van der Waals surface area contributed by atoms with Crippen molar-refractivity contribution in [2.24, 2.45) is 0 Å². The molecule has 10 heteroatoms. The van der Waals surface area contributed by atoms with Crippen molar-refractivity contribution in [3.63, 3.8) is 0 Å². The van der Waals surface area contributed by atoms with Crippen LogP contribution in [0.5, 0.6) is 0 Å². The predicted octanol–water partition coefficient (Wildman–Crippen LogP) is 2.98. The number of halogens is 1. The molecule has 2 aromatic carbocycles. The number of aryl methyl sites for hydroxylation is 1. The van der Waals surface area contributed by atoms with E-state index in [0.29, 0.717) is 5.69 Å². The zero-order valence-electron chi connectivity index (χ0n) is 18.6. The maximum absolute atomic E-state index is 13.2. The summed E-state index contributed by atoms with van der Waals surface area (Å²) in [5.41, 5.74) is 4.42. The molecule has 0 radical (unpaired) electrons. The van der Waals surface area contributed by atoms with E-state index in [4.69, 9.17) is 0 Å². The molecular weight excluding hydrogens is 437 g/mol. The second kappa shape index (κ2) is 9.90. The van der Waals surface area contributed by atoms with Gasteiger partial charge in [-0.1, -0.05) is 0 Å². The number of nitrogens with one attached hydrogen (secondary N) is 2. The summed E-state index contributed by atoms with van der Waals surface area (Å²) in [6.07, 6.45) is 6.01. The summed E-state index contributed by atoms with van der Waals surface area (Å²) in [5, 5.41) is 13.8. The number of aromatic nitrogens is 5. The number of anilines is 1. The minimum absolute atomic E-state index is 0.180. The summed E-state index contributed by atoms with van der Waals surface area (Å²) in [6.45, 7) is 3.51. The van der Waals surface area contributed by atoms with Gasteiger partial charge in [0.25, 0.3) is 0 Å². The SMILES string of the molecule is Cc1nn(-c2ccc(F)cc2)c(C)c1/C=C/C(=O)NCC(=O)Nc1ccc(-n2cncn2)cc1. The molecule has 2 amide bonds. The fourth-order valence-electron chi connectivity index (χ4n) is 3.36. The highest BCUT2D eigenvalue weighted by Crippen LogP contribution is 2.19. The summed E-state index contributed by atoms with van der Waals surface area (Å²) >= 11 is 0. The third-order valence-electron chi connectivity index (χ3n) is 5.08. The first-order chi connectivity index (χ1) is 16.4. The van der Waals surface area contributed by atoms with Gasteiger partial charge in [0.1, 0.15) is 18.5 Å². The van der Waals surface area contributed by atoms with E-state index in [-0.39, 0.29) is 18.3 Å². The molecule has 2 heterocycles. The van der Waals surface area contributed by atoms with Crippen LogP contribution in [0.2, 0.25) is 0 Å². The monoisotopic (exact) mass is 459 g/mol. The lowest BCUT2D eigenvalue weighted by molar-refractivity contribution is -0.121. The first kappa shape index (κ1) is 22.6. The first-order valence-electron chi connectivity index (χ1n) is 10.4. The smallest absolute Gasteiger partial charge is 0.244 e. The highest BCUT2D eigenvalue weighted by Gasteiger charge is 2.11. The van der Waals surface area contributed by atoms with Crippen molar-refractivity contribution in [2.75, 3.05) is 11.9 Å². The van der Waals surface area contributed by atoms with Gasteiger partial charge in [0.05, 0.1) is 23.6 Å². The van der Waals surface area contributed by atoms with Crippen LogP contribution in [-0.2, 0) is 9.59 Å². The number of hydrogen-bond donors (Lipinski definition) is 2. The Balaban J connectivity index is 1.32. The molecule has 0 aliphatic carbocycles. The molecule has 0 aliphatic rings. The molecular formula is C24H22FN7O2. The number of benzene rings is 2. The summed E-state index contributed by atoms with van der Waals surface area (Å²) in [6, 6.07) is 13.1. The molecule has 9 nitrogen and oxygen atoms in total. The van der Waals surface area contributed by atoms with E-state index in [9.17, 15) is 14.0 Å². The van der Waals surface area contributed by atoms with Gasteiger partial charge in [-0.05, 0) is 68.5 Å². The van der Waals surface area contributed by atoms with Gasteiger partial charge >= 0.3 is 0 Å². The van der Waals surface area contributed by atoms with Crippen LogP contribution in [0.15, 0.2) is 67.3 Å². The average molecular weight is 459 g/mol. The Morgan fingerprint density at radius 2 is 1.74 bits per heavy atom. The Hall–Kier alpha value is -4.60. The van der Waals surface area contributed by atoms with Gasteiger partial charge in [-0.3, -0.25) is 9.59 Å². The number of amides is 2. The lowest BCUT2D eigenvalue weighted by Gasteiger charge is -2.07. The molecule has 0 unspecified atom stereocenters. The van der Waals surface area contributed by atoms with Crippen molar-refractivity contribution in [3.05, 3.63) is 90.0 Å². The van der Waals surface area contributed by atoms with Crippen LogP contribution >= 0.6 is 0 Å². The van der Waals surface area contributed by atoms with Gasteiger partial charge in [-0.2, -0.15) is 10.2 Å². The largest absolute Gasteiger partial charge is 0.343 e. The Kier molecular flexibility index (Phi) is 6.58. The van der Waals surface area contributed by atoms with Crippen molar-refractivity contribution < 1.29 is 14.0 Å². The quantitative estimate of drug-likeness (QED) is 0.413. The molecule has 172 valence electrons. The van der Waals surface area contributed by atoms with E-state index in [1.807, 2.05) is 13.8 Å². The second-order valence-electron chi connectivity index (χ2n) is 7.46. The fourth-order valence-corrected chi connectivity index (χ4v) is 3.36. The standard InChI is InChI=1S/C24H22FN7O2/c1-16-22(17(2)32(30-16)21-7-3-18(25)4-8-21)11-12-23(33)27-13-24(34)29-19-5-9-20(10-6-19)31-15-26-14-28-31/h3-12,14-15H,13H2,1-2H3,(H,27,33)(H,29,34)/b12-11+. The summed E-state index contributed by atoms with van der Waals surface area (Å²) < 4.78 is 16.5. The maximum atomic E-state index is 13.2. The van der Waals surface area contributed by atoms with Gasteiger partial charge in [0.2, 0.25) is 11.8 Å². The van der Waals surface area contributed by atoms with E-state index in [2.05, 4.69) is 25.8 Å². The van der Waals surface area contributed by atoms with Crippen LogP contribution in [0.4, 0.5) is 10.1 Å². The fraction of sp³-hybridized carbons (Fsp3) is 0.125. The molecule has 0 spiro atoms. The Bertz CT molecular complexity index is 1330. The normalized spacial score (nSPS) is 11.0. The van der Waals surface area contributed by atoms with Crippen molar-refractivity contribution in [2.45, 2.75) is 13.8 Å². The number of hydrogen-bond acceptors (Lipinski definition) is 5. The van der Waals surface area contributed by atoms with E-state index in [1.54, 1.807) is 58.2 Å². The Morgan fingerprint density at radius 1 is 1.03 bits per heavy atom. The van der Waals surface area contributed by atoms with Crippen molar-refractivity contribution in [1.29, 1.82) is 0 Å². The number of carbonyl (C=O) groups excluding carboxylic acids is 2. The first-order valence-corrected chi connectivity index (χ1v) is 10.4. The van der Waals surface area contributed by atoms with Gasteiger partial charge in [-0.25, -0.2) is 18.7 Å². The van der Waals surface area contributed by atoms with Gasteiger partial charge in [0.15, 0.2) is 0 Å². The summed E-state index contributed by atoms with van der Waals surface area (Å²) in [4.78, 5) is 28.3. The molecule has 34 heavy (non-hydrogen) atoms. The summed E-state index contributed by atoms with van der Waals surface area (Å²) in [7, 11) is 0. The van der Waals surface area contributed by atoms with Crippen LogP contribution in [0.3, 0.4) is 0 Å². The Labute approximate surface area is 194 Å². The maximum Gasteiger partial charge on any atom is 0.244 e. The van der Waals surface area contributed by atoms with Gasteiger partial charge < -0.3 is 10.6 Å². The molecule has 4 rings (SSSR count). The second-order valence-corrected chi connectivity index (χ2v) is 7.46. The van der Waals surface area contributed by atoms with Gasteiger partial charge in [-0.15, -0.1) is 0 Å². The van der Waals surface area contributed by atoms with Crippen LogP contribution < -0.4 is 10.6 Å². The average Bonchev–Trinajstić information content (AvgIpc) is 3.46. The minimum atomic E-state index is -0.412. The van der Waals surface area contributed by atoms with Crippen LogP contribution in [-0.4, -0.2) is 42.9 Å². The van der Waals surface area contributed by atoms with Gasteiger partial charge in [0, 0.05) is 23.0 Å². The minimum Gasteiger partial charge on any atom is -0.343 e. The van der Waals surface area contributed by atoms with Crippen LogP contribution in [0.25, 0.3) is 17.5 Å². The molecule has 4 aromatic rings. The number of carbonyl (C=O) groups is 2. The zero-order chi connectivity index (χ0) is 24.1. The lowest BCUT2D eigenvalue weighted by Crippen LogP contribution is -2.31. The third-order valence-corrected chi connectivity index (χ3v) is 5.08. The zero-order valence-corrected chi connectivity index (χ0v) is 18.6. The lowest BCUT2D eigenvalue weighted by atomic mass is 10.2. The summed E-state index contributed by atoms with van der Waals surface area (Å²) in [5.74, 6) is -1.09. The third kappa shape index (κ3) is 5.23. The van der Waals surface area contributed by atoms with Crippen molar-refractivity contribution >= 4 is 23.6 Å². The molecule has 0 aliphatic heterocycles. The molecule has 0 saturated heterocycles. The molecule has 2 aromatic heterocycles. The highest BCUT2D eigenvalue weighted by atomic mass is 19.1. The molecule has 0 atom stereocenters. The Morgan fingerprint density at radius 3 is 2.41 bits per heavy atom. The number of nitrogens with zero attached hydrogens (tertiary/aromatic N) is 5. The van der Waals surface area contributed by atoms with Crippen LogP contribution in [0, 0.1) is 19.7 Å². The molecule has 0 bridgehead atoms. The number of rotatable bonds is 7. The predicted molar refractivity (Wildman–Crippen MR) is 125 cm³/mol. The van der Waals surface area contributed by atoms with Crippen molar-refractivity contribution in [3.8, 4) is 11.4 Å². The van der Waals surface area contributed by atoms with Crippen molar-refractivity contribution in [1.82, 2.24) is 29.9 Å². The van der Waals surface area contributed by atoms with E-state index >= 15 is 0 Å². The molecule has 0 fully saturated rings. The molecule has 2 N–H and O–H groups in total. The van der Waals surface area contributed by atoms with Crippen LogP contribution in [0.1, 0.15) is 17.0 Å². The topological polar surface area (TPSA) is 107 Å². The van der Waals surface area contributed by atoms with E-state index < -0.39 is 5.91 Å².